The van der Waals surface area contributed by atoms with Crippen molar-refractivity contribution in [3.63, 3.8) is 0 Å². The lowest BCUT2D eigenvalue weighted by atomic mass is 10.0. The predicted molar refractivity (Wildman–Crippen MR) is 62.4 cm³/mol. The zero-order valence-electron chi connectivity index (χ0n) is 9.01. The predicted octanol–water partition coefficient (Wildman–Crippen LogP) is 2.91. The highest BCUT2D eigenvalue weighted by atomic mass is 32.2. The van der Waals surface area contributed by atoms with Gasteiger partial charge >= 0.3 is 0 Å². The van der Waals surface area contributed by atoms with Crippen LogP contribution in [0.25, 0.3) is 0 Å². The molecule has 1 nitrogen and oxygen atoms in total. The molecular formula is C11H23NS. The smallest absolute Gasteiger partial charge is 0.00683 e. The van der Waals surface area contributed by atoms with Gasteiger partial charge in [-0.25, -0.2) is 0 Å². The van der Waals surface area contributed by atoms with E-state index in [1.54, 1.807) is 0 Å². The van der Waals surface area contributed by atoms with Gasteiger partial charge in [0.1, 0.15) is 0 Å². The fourth-order valence-corrected chi connectivity index (χ4v) is 2.04. The molecule has 1 aliphatic carbocycles. The van der Waals surface area contributed by atoms with E-state index in [1.165, 1.54) is 44.4 Å². The van der Waals surface area contributed by atoms with Crippen LogP contribution in [0.2, 0.25) is 0 Å². The Bertz CT molecular complexity index is 123. The van der Waals surface area contributed by atoms with E-state index in [-0.39, 0.29) is 0 Å². The highest BCUT2D eigenvalue weighted by Gasteiger charge is 2.21. The zero-order valence-corrected chi connectivity index (χ0v) is 9.83. The molecule has 1 unspecified atom stereocenters. The molecule has 78 valence electrons. The maximum Gasteiger partial charge on any atom is 0.00683 e. The van der Waals surface area contributed by atoms with Crippen molar-refractivity contribution >= 4 is 11.8 Å². The van der Waals surface area contributed by atoms with Crippen LogP contribution < -0.4 is 5.32 Å². The van der Waals surface area contributed by atoms with E-state index in [0.29, 0.717) is 0 Å². The first kappa shape index (κ1) is 11.4. The van der Waals surface area contributed by atoms with Crippen molar-refractivity contribution in [2.45, 2.75) is 45.1 Å². The van der Waals surface area contributed by atoms with Gasteiger partial charge in [0, 0.05) is 6.04 Å². The Kier molecular flexibility index (Phi) is 5.88. The molecule has 0 saturated heterocycles. The summed E-state index contributed by atoms with van der Waals surface area (Å²) in [5, 5.41) is 3.63. The highest BCUT2D eigenvalue weighted by Crippen LogP contribution is 2.20. The Balaban J connectivity index is 1.95. The summed E-state index contributed by atoms with van der Waals surface area (Å²) in [5.74, 6) is 2.26. The molecule has 0 bridgehead atoms. The quantitative estimate of drug-likeness (QED) is 0.606. The Morgan fingerprint density at radius 2 is 2.23 bits per heavy atom. The van der Waals surface area contributed by atoms with E-state index in [2.05, 4.69) is 18.5 Å². The third-order valence-corrected chi connectivity index (χ3v) is 3.51. The summed E-state index contributed by atoms with van der Waals surface area (Å²) < 4.78 is 0. The van der Waals surface area contributed by atoms with Crippen LogP contribution in [-0.2, 0) is 0 Å². The van der Waals surface area contributed by atoms with Gasteiger partial charge in [-0.1, -0.05) is 13.3 Å². The fourth-order valence-electron chi connectivity index (χ4n) is 1.59. The molecule has 2 heteroatoms. The van der Waals surface area contributed by atoms with Crippen molar-refractivity contribution in [3.8, 4) is 0 Å². The molecular weight excluding hydrogens is 178 g/mol. The molecule has 1 aliphatic rings. The van der Waals surface area contributed by atoms with Crippen LogP contribution in [0.1, 0.15) is 39.0 Å². The van der Waals surface area contributed by atoms with Crippen LogP contribution in [0.5, 0.6) is 0 Å². The van der Waals surface area contributed by atoms with E-state index in [9.17, 15) is 0 Å². The maximum atomic E-state index is 3.63. The lowest BCUT2D eigenvalue weighted by Gasteiger charge is -2.14. The minimum atomic E-state index is 0.884. The number of hydrogen-bond donors (Lipinski definition) is 1. The van der Waals surface area contributed by atoms with E-state index in [0.717, 1.165) is 12.0 Å². The molecule has 0 aromatic carbocycles. The second-order valence-electron chi connectivity index (χ2n) is 4.09. The molecule has 0 aromatic rings. The first-order valence-corrected chi connectivity index (χ1v) is 6.98. The molecule has 0 aliphatic heterocycles. The van der Waals surface area contributed by atoms with E-state index in [1.807, 2.05) is 11.8 Å². The second kappa shape index (κ2) is 6.72. The van der Waals surface area contributed by atoms with Crippen molar-refractivity contribution in [2.24, 2.45) is 5.92 Å². The molecule has 1 N–H and O–H groups in total. The molecule has 0 spiro atoms. The van der Waals surface area contributed by atoms with Crippen LogP contribution >= 0.6 is 11.8 Å². The van der Waals surface area contributed by atoms with Crippen LogP contribution in [0.3, 0.4) is 0 Å². The van der Waals surface area contributed by atoms with E-state index < -0.39 is 0 Å². The van der Waals surface area contributed by atoms with Gasteiger partial charge in [0.05, 0.1) is 0 Å². The summed E-state index contributed by atoms with van der Waals surface area (Å²) in [5.41, 5.74) is 0. The van der Waals surface area contributed by atoms with E-state index >= 15 is 0 Å². The summed E-state index contributed by atoms with van der Waals surface area (Å²) in [7, 11) is 0. The lowest BCUT2D eigenvalue weighted by Crippen LogP contribution is -2.24. The Morgan fingerprint density at radius 3 is 2.77 bits per heavy atom. The highest BCUT2D eigenvalue weighted by molar-refractivity contribution is 7.98. The van der Waals surface area contributed by atoms with Crippen LogP contribution in [0.4, 0.5) is 0 Å². The summed E-state index contributed by atoms with van der Waals surface area (Å²) in [4.78, 5) is 0. The Labute approximate surface area is 87.1 Å². The summed E-state index contributed by atoms with van der Waals surface area (Å²) in [6.45, 7) is 3.58. The standard InChI is InChI=1S/C11H23NS/c1-3-10(5-4-8-13-2)9-12-11-6-7-11/h10-12H,3-9H2,1-2H3. The molecule has 0 amide bonds. The summed E-state index contributed by atoms with van der Waals surface area (Å²) >= 11 is 1.97. The zero-order chi connectivity index (χ0) is 9.52. The first-order valence-electron chi connectivity index (χ1n) is 5.59. The minimum absolute atomic E-state index is 0.884. The molecule has 1 fully saturated rings. The monoisotopic (exact) mass is 201 g/mol. The average Bonchev–Trinajstić information content (AvgIpc) is 2.94. The average molecular weight is 201 g/mol. The lowest BCUT2D eigenvalue weighted by molar-refractivity contribution is 0.429. The van der Waals surface area contributed by atoms with Gasteiger partial charge in [-0.05, 0) is 50.2 Å². The van der Waals surface area contributed by atoms with Crippen LogP contribution in [0, 0.1) is 5.92 Å². The SMILES string of the molecule is CCC(CCCSC)CNC1CC1. The molecule has 0 heterocycles. The minimum Gasteiger partial charge on any atom is -0.314 e. The number of rotatable bonds is 8. The van der Waals surface area contributed by atoms with Gasteiger partial charge in [-0.3, -0.25) is 0 Å². The molecule has 1 saturated carbocycles. The number of nitrogens with one attached hydrogen (secondary N) is 1. The van der Waals surface area contributed by atoms with Gasteiger partial charge in [0.25, 0.3) is 0 Å². The Hall–Kier alpha value is 0.310. The van der Waals surface area contributed by atoms with Crippen LogP contribution in [-0.4, -0.2) is 24.6 Å². The largest absolute Gasteiger partial charge is 0.314 e. The first-order chi connectivity index (χ1) is 6.36. The maximum absolute atomic E-state index is 3.63. The molecule has 0 aromatic heterocycles. The van der Waals surface area contributed by atoms with Gasteiger partial charge in [-0.15, -0.1) is 0 Å². The molecule has 13 heavy (non-hydrogen) atoms. The third kappa shape index (κ3) is 5.58. The normalized spacial score (nSPS) is 18.9. The molecule has 0 radical (unpaired) electrons. The summed E-state index contributed by atoms with van der Waals surface area (Å²) in [6, 6.07) is 0.884. The number of hydrogen-bond acceptors (Lipinski definition) is 2. The van der Waals surface area contributed by atoms with Crippen LogP contribution in [0.15, 0.2) is 0 Å². The Morgan fingerprint density at radius 1 is 1.46 bits per heavy atom. The van der Waals surface area contributed by atoms with Crippen molar-refractivity contribution < 1.29 is 0 Å². The topological polar surface area (TPSA) is 12.0 Å². The fraction of sp³-hybridized carbons (Fsp3) is 1.00. The van der Waals surface area contributed by atoms with E-state index in [4.69, 9.17) is 0 Å². The van der Waals surface area contributed by atoms with Crippen molar-refractivity contribution in [2.75, 3.05) is 18.6 Å². The second-order valence-corrected chi connectivity index (χ2v) is 5.08. The van der Waals surface area contributed by atoms with Crippen molar-refractivity contribution in [1.82, 2.24) is 5.32 Å². The van der Waals surface area contributed by atoms with Gasteiger partial charge in [0.2, 0.25) is 0 Å². The van der Waals surface area contributed by atoms with Crippen molar-refractivity contribution in [1.29, 1.82) is 0 Å². The number of thioether (sulfide) groups is 1. The van der Waals surface area contributed by atoms with Gasteiger partial charge < -0.3 is 5.32 Å². The molecule has 1 rings (SSSR count). The summed E-state index contributed by atoms with van der Waals surface area (Å²) in [6.07, 6.45) is 9.18. The van der Waals surface area contributed by atoms with Crippen molar-refractivity contribution in [3.05, 3.63) is 0 Å². The van der Waals surface area contributed by atoms with Gasteiger partial charge in [-0.2, -0.15) is 11.8 Å². The third-order valence-electron chi connectivity index (χ3n) is 2.81. The van der Waals surface area contributed by atoms with Gasteiger partial charge in [0.15, 0.2) is 0 Å². The molecule has 1 atom stereocenters.